The van der Waals surface area contributed by atoms with E-state index in [9.17, 15) is 8.78 Å². The van der Waals surface area contributed by atoms with Crippen molar-refractivity contribution in [3.05, 3.63) is 42.0 Å². The average molecular weight is 248 g/mol. The van der Waals surface area contributed by atoms with E-state index in [1.165, 1.54) is 12.1 Å². The third kappa shape index (κ3) is 1.93. The maximum Gasteiger partial charge on any atom is 0.159 e. The highest BCUT2D eigenvalue weighted by atomic mass is 19.2. The fourth-order valence-electron chi connectivity index (χ4n) is 2.44. The van der Waals surface area contributed by atoms with Gasteiger partial charge in [-0.3, -0.25) is 0 Å². The van der Waals surface area contributed by atoms with E-state index in [2.05, 4.69) is 10.2 Å². The Balaban J connectivity index is 2.13. The molecule has 1 saturated heterocycles. The van der Waals surface area contributed by atoms with Gasteiger partial charge in [0.1, 0.15) is 0 Å². The lowest BCUT2D eigenvalue weighted by Crippen LogP contribution is -2.43. The van der Waals surface area contributed by atoms with Gasteiger partial charge in [-0.05, 0) is 23.6 Å². The van der Waals surface area contributed by atoms with Crippen LogP contribution in [0.3, 0.4) is 0 Å². The maximum atomic E-state index is 13.4. The second-order valence-electron chi connectivity index (χ2n) is 4.50. The number of piperazine rings is 1. The number of hydrogen-bond acceptors (Lipinski definition) is 2. The number of nitrogens with one attached hydrogen (secondary N) is 1. The predicted molar refractivity (Wildman–Crippen MR) is 68.9 cm³/mol. The molecule has 0 atom stereocenters. The molecule has 0 unspecified atom stereocenters. The van der Waals surface area contributed by atoms with Crippen LogP contribution in [0, 0.1) is 11.6 Å². The molecule has 0 radical (unpaired) electrons. The SMILES string of the molecule is Fc1cc2cccc(N3CCNCC3)c2cc1F. The molecular weight excluding hydrogens is 234 g/mol. The molecule has 1 aliphatic heterocycles. The number of anilines is 1. The van der Waals surface area contributed by atoms with Crippen molar-refractivity contribution in [3.8, 4) is 0 Å². The van der Waals surface area contributed by atoms with Gasteiger partial charge < -0.3 is 10.2 Å². The van der Waals surface area contributed by atoms with Crippen LogP contribution < -0.4 is 10.2 Å². The summed E-state index contributed by atoms with van der Waals surface area (Å²) in [6.07, 6.45) is 0. The summed E-state index contributed by atoms with van der Waals surface area (Å²) in [6.45, 7) is 3.61. The largest absolute Gasteiger partial charge is 0.368 e. The van der Waals surface area contributed by atoms with E-state index in [-0.39, 0.29) is 0 Å². The Labute approximate surface area is 104 Å². The molecule has 3 rings (SSSR count). The summed E-state index contributed by atoms with van der Waals surface area (Å²) in [5.74, 6) is -1.58. The van der Waals surface area contributed by atoms with Gasteiger partial charge in [-0.25, -0.2) is 8.78 Å². The van der Waals surface area contributed by atoms with E-state index >= 15 is 0 Å². The normalized spacial score (nSPS) is 16.2. The van der Waals surface area contributed by atoms with Gasteiger partial charge >= 0.3 is 0 Å². The Bertz CT molecular complexity index is 577. The molecule has 1 heterocycles. The summed E-state index contributed by atoms with van der Waals surface area (Å²) in [7, 11) is 0. The van der Waals surface area contributed by atoms with Crippen molar-refractivity contribution in [1.29, 1.82) is 0 Å². The van der Waals surface area contributed by atoms with Crippen LogP contribution in [0.2, 0.25) is 0 Å². The first-order valence-electron chi connectivity index (χ1n) is 6.09. The number of halogens is 2. The first-order valence-corrected chi connectivity index (χ1v) is 6.09. The standard InChI is InChI=1S/C14H14F2N2/c15-12-8-10-2-1-3-14(11(10)9-13(12)16)18-6-4-17-5-7-18/h1-3,8-9,17H,4-7H2. The molecule has 0 saturated carbocycles. The van der Waals surface area contributed by atoms with Crippen LogP contribution >= 0.6 is 0 Å². The fraction of sp³-hybridized carbons (Fsp3) is 0.286. The van der Waals surface area contributed by atoms with E-state index in [1.807, 2.05) is 18.2 Å². The van der Waals surface area contributed by atoms with Gasteiger partial charge in [0.25, 0.3) is 0 Å². The van der Waals surface area contributed by atoms with E-state index < -0.39 is 11.6 Å². The minimum Gasteiger partial charge on any atom is -0.368 e. The Hall–Kier alpha value is -1.68. The monoisotopic (exact) mass is 248 g/mol. The zero-order valence-corrected chi connectivity index (χ0v) is 9.92. The van der Waals surface area contributed by atoms with Gasteiger partial charge in [0, 0.05) is 37.3 Å². The summed E-state index contributed by atoms with van der Waals surface area (Å²) >= 11 is 0. The number of benzene rings is 2. The second kappa shape index (κ2) is 4.53. The highest BCUT2D eigenvalue weighted by Crippen LogP contribution is 2.28. The van der Waals surface area contributed by atoms with Crippen LogP contribution in [0.5, 0.6) is 0 Å². The highest BCUT2D eigenvalue weighted by molar-refractivity contribution is 5.94. The topological polar surface area (TPSA) is 15.3 Å². The van der Waals surface area contributed by atoms with Crippen molar-refractivity contribution in [1.82, 2.24) is 5.32 Å². The fourth-order valence-corrected chi connectivity index (χ4v) is 2.44. The van der Waals surface area contributed by atoms with Crippen LogP contribution in [0.25, 0.3) is 10.8 Å². The van der Waals surface area contributed by atoms with Crippen molar-refractivity contribution in [2.45, 2.75) is 0 Å². The summed E-state index contributed by atoms with van der Waals surface area (Å²) in [5.41, 5.74) is 0.980. The molecule has 0 aliphatic carbocycles. The van der Waals surface area contributed by atoms with Crippen molar-refractivity contribution in [2.24, 2.45) is 0 Å². The van der Waals surface area contributed by atoms with E-state index in [4.69, 9.17) is 0 Å². The van der Waals surface area contributed by atoms with E-state index in [1.54, 1.807) is 0 Å². The van der Waals surface area contributed by atoms with Gasteiger partial charge in [-0.1, -0.05) is 12.1 Å². The molecule has 2 aromatic rings. The molecule has 1 fully saturated rings. The predicted octanol–water partition coefficient (Wildman–Crippen LogP) is 2.53. The van der Waals surface area contributed by atoms with Gasteiger partial charge in [0.2, 0.25) is 0 Å². The Morgan fingerprint density at radius 2 is 1.72 bits per heavy atom. The smallest absolute Gasteiger partial charge is 0.159 e. The van der Waals surface area contributed by atoms with Crippen LogP contribution in [-0.4, -0.2) is 26.2 Å². The molecule has 4 heteroatoms. The van der Waals surface area contributed by atoms with Crippen molar-refractivity contribution < 1.29 is 8.78 Å². The lowest BCUT2D eigenvalue weighted by molar-refractivity contribution is 0.511. The summed E-state index contributed by atoms with van der Waals surface area (Å²) in [4.78, 5) is 2.20. The lowest BCUT2D eigenvalue weighted by Gasteiger charge is -2.30. The molecule has 0 amide bonds. The van der Waals surface area contributed by atoms with Crippen LogP contribution in [0.1, 0.15) is 0 Å². The van der Waals surface area contributed by atoms with Crippen LogP contribution in [-0.2, 0) is 0 Å². The minimum absolute atomic E-state index is 0.741. The molecule has 1 aliphatic rings. The number of fused-ring (bicyclic) bond motifs is 1. The van der Waals surface area contributed by atoms with Gasteiger partial charge in [0.05, 0.1) is 0 Å². The maximum absolute atomic E-state index is 13.4. The molecule has 18 heavy (non-hydrogen) atoms. The average Bonchev–Trinajstić information content (AvgIpc) is 2.40. The second-order valence-corrected chi connectivity index (χ2v) is 4.50. The number of rotatable bonds is 1. The Kier molecular flexibility index (Phi) is 2.88. The van der Waals surface area contributed by atoms with E-state index in [0.29, 0.717) is 0 Å². The summed E-state index contributed by atoms with van der Waals surface area (Å²) in [6, 6.07) is 8.21. The molecule has 1 N–H and O–H groups in total. The van der Waals surface area contributed by atoms with Crippen LogP contribution in [0.15, 0.2) is 30.3 Å². The quantitative estimate of drug-likeness (QED) is 0.834. The molecular formula is C14H14F2N2. The summed E-state index contributed by atoms with van der Waals surface area (Å²) in [5, 5.41) is 4.79. The van der Waals surface area contributed by atoms with Crippen LogP contribution in [0.4, 0.5) is 14.5 Å². The minimum atomic E-state index is -0.792. The zero-order chi connectivity index (χ0) is 12.5. The lowest BCUT2D eigenvalue weighted by atomic mass is 10.1. The molecule has 2 aromatic carbocycles. The Morgan fingerprint density at radius 3 is 2.50 bits per heavy atom. The zero-order valence-electron chi connectivity index (χ0n) is 9.92. The van der Waals surface area contributed by atoms with Gasteiger partial charge in [-0.15, -0.1) is 0 Å². The third-order valence-electron chi connectivity index (χ3n) is 3.36. The van der Waals surface area contributed by atoms with Crippen molar-refractivity contribution >= 4 is 16.5 Å². The van der Waals surface area contributed by atoms with Crippen molar-refractivity contribution in [3.63, 3.8) is 0 Å². The highest BCUT2D eigenvalue weighted by Gasteiger charge is 2.14. The van der Waals surface area contributed by atoms with Crippen molar-refractivity contribution in [2.75, 3.05) is 31.1 Å². The molecule has 0 aromatic heterocycles. The number of hydrogen-bond donors (Lipinski definition) is 1. The van der Waals surface area contributed by atoms with Gasteiger partial charge in [0.15, 0.2) is 11.6 Å². The van der Waals surface area contributed by atoms with Gasteiger partial charge in [-0.2, -0.15) is 0 Å². The molecule has 0 spiro atoms. The summed E-state index contributed by atoms with van der Waals surface area (Å²) < 4.78 is 26.6. The molecule has 0 bridgehead atoms. The van der Waals surface area contributed by atoms with E-state index in [0.717, 1.165) is 42.6 Å². The Morgan fingerprint density at radius 1 is 1.00 bits per heavy atom. The first-order chi connectivity index (χ1) is 8.75. The third-order valence-corrected chi connectivity index (χ3v) is 3.36. The molecule has 2 nitrogen and oxygen atoms in total. The number of nitrogens with zero attached hydrogens (tertiary/aromatic N) is 1. The first kappa shape index (κ1) is 11.4. The molecule has 94 valence electrons.